The number of nitrogens with zero attached hydrogens (tertiary/aromatic N) is 1. The van der Waals surface area contributed by atoms with Crippen LogP contribution in [0.2, 0.25) is 0 Å². The smallest absolute Gasteiger partial charge is 0.306 e. The molecule has 0 radical (unpaired) electrons. The van der Waals surface area contributed by atoms with Gasteiger partial charge in [-0.05, 0) is 42.7 Å². The lowest BCUT2D eigenvalue weighted by Gasteiger charge is -2.16. The number of hydrogen-bond donors (Lipinski definition) is 1. The summed E-state index contributed by atoms with van der Waals surface area (Å²) in [6, 6.07) is 10.8. The van der Waals surface area contributed by atoms with Gasteiger partial charge < -0.3 is 5.32 Å². The highest BCUT2D eigenvalue weighted by molar-refractivity contribution is 9.10. The zero-order valence-electron chi connectivity index (χ0n) is 11.9. The molecule has 0 atom stereocenters. The lowest BCUT2D eigenvalue weighted by atomic mass is 9.95. The lowest BCUT2D eigenvalue weighted by molar-refractivity contribution is -0.387. The van der Waals surface area contributed by atoms with E-state index >= 15 is 0 Å². The number of hydrogen-bond acceptors (Lipinski definition) is 3. The van der Waals surface area contributed by atoms with Crippen LogP contribution >= 0.6 is 15.9 Å². The Morgan fingerprint density at radius 2 is 2.00 bits per heavy atom. The fourth-order valence-corrected chi connectivity index (χ4v) is 2.94. The average Bonchev–Trinajstić information content (AvgIpc) is 3.30. The molecule has 7 heteroatoms. The van der Waals surface area contributed by atoms with E-state index in [9.17, 15) is 19.3 Å². The summed E-state index contributed by atoms with van der Waals surface area (Å²) in [5.41, 5.74) is -0.173. The van der Waals surface area contributed by atoms with Crippen molar-refractivity contribution < 1.29 is 14.1 Å². The van der Waals surface area contributed by atoms with Gasteiger partial charge in [-0.2, -0.15) is 4.39 Å². The quantitative estimate of drug-likeness (QED) is 0.640. The number of nitrogens with one attached hydrogen (secondary N) is 1. The first-order valence-corrected chi connectivity index (χ1v) is 7.73. The first-order chi connectivity index (χ1) is 10.9. The maximum atomic E-state index is 13.4. The van der Waals surface area contributed by atoms with E-state index in [1.807, 2.05) is 24.3 Å². The molecule has 0 aromatic heterocycles. The van der Waals surface area contributed by atoms with Crippen LogP contribution in [0, 0.1) is 15.9 Å². The number of nitro groups is 1. The van der Waals surface area contributed by atoms with Crippen LogP contribution in [0.15, 0.2) is 46.9 Å². The molecular formula is C16H12BrFN2O3. The molecule has 2 aromatic carbocycles. The van der Waals surface area contributed by atoms with Crippen LogP contribution in [-0.4, -0.2) is 10.8 Å². The second-order valence-corrected chi connectivity index (χ2v) is 6.39. The van der Waals surface area contributed by atoms with Gasteiger partial charge in [-0.15, -0.1) is 0 Å². The van der Waals surface area contributed by atoms with E-state index in [2.05, 4.69) is 21.2 Å². The van der Waals surface area contributed by atoms with Crippen molar-refractivity contribution in [3.8, 4) is 0 Å². The number of amides is 1. The van der Waals surface area contributed by atoms with Gasteiger partial charge in [-0.1, -0.05) is 28.1 Å². The molecule has 5 nitrogen and oxygen atoms in total. The van der Waals surface area contributed by atoms with Crippen molar-refractivity contribution in [1.82, 2.24) is 0 Å². The molecule has 0 heterocycles. The van der Waals surface area contributed by atoms with Crippen LogP contribution in [0.25, 0.3) is 0 Å². The van der Waals surface area contributed by atoms with E-state index in [1.165, 1.54) is 6.07 Å². The summed E-state index contributed by atoms with van der Waals surface area (Å²) in [5.74, 6) is -1.17. The van der Waals surface area contributed by atoms with Gasteiger partial charge in [0.2, 0.25) is 11.7 Å². The highest BCUT2D eigenvalue weighted by Crippen LogP contribution is 2.49. The molecule has 1 fully saturated rings. The largest absolute Gasteiger partial charge is 0.325 e. The molecule has 1 N–H and O–H groups in total. The van der Waals surface area contributed by atoms with Crippen LogP contribution in [0.1, 0.15) is 18.4 Å². The van der Waals surface area contributed by atoms with E-state index < -0.39 is 21.8 Å². The second-order valence-electron chi connectivity index (χ2n) is 5.47. The number of carbonyl (C=O) groups is 1. The van der Waals surface area contributed by atoms with E-state index in [4.69, 9.17) is 0 Å². The van der Waals surface area contributed by atoms with Crippen LogP contribution in [0.5, 0.6) is 0 Å². The van der Waals surface area contributed by atoms with Gasteiger partial charge in [-0.25, -0.2) is 0 Å². The Morgan fingerprint density at radius 3 is 2.61 bits per heavy atom. The first-order valence-electron chi connectivity index (χ1n) is 6.94. The topological polar surface area (TPSA) is 72.2 Å². The molecule has 0 bridgehead atoms. The van der Waals surface area contributed by atoms with Gasteiger partial charge in [0, 0.05) is 16.2 Å². The van der Waals surface area contributed by atoms with Gasteiger partial charge in [0.15, 0.2) is 0 Å². The van der Waals surface area contributed by atoms with Crippen LogP contribution in [-0.2, 0) is 10.2 Å². The van der Waals surface area contributed by atoms with Gasteiger partial charge in [0.1, 0.15) is 0 Å². The predicted octanol–water partition coefficient (Wildman–Crippen LogP) is 4.17. The van der Waals surface area contributed by atoms with E-state index in [0.29, 0.717) is 12.8 Å². The molecule has 118 valence electrons. The first kappa shape index (κ1) is 15.6. The number of nitro benzene ring substituents is 1. The molecule has 1 aliphatic carbocycles. The van der Waals surface area contributed by atoms with Gasteiger partial charge in [-0.3, -0.25) is 14.9 Å². The summed E-state index contributed by atoms with van der Waals surface area (Å²) < 4.78 is 14.2. The Morgan fingerprint density at radius 1 is 1.26 bits per heavy atom. The summed E-state index contributed by atoms with van der Waals surface area (Å²) in [6.07, 6.45) is 1.41. The predicted molar refractivity (Wildman–Crippen MR) is 86.7 cm³/mol. The maximum absolute atomic E-state index is 13.4. The van der Waals surface area contributed by atoms with Crippen LogP contribution in [0.3, 0.4) is 0 Å². The fourth-order valence-electron chi connectivity index (χ4n) is 2.54. The highest BCUT2D eigenvalue weighted by Gasteiger charge is 2.51. The molecule has 3 rings (SSSR count). The Kier molecular flexibility index (Phi) is 3.89. The van der Waals surface area contributed by atoms with Gasteiger partial charge in [0.25, 0.3) is 0 Å². The van der Waals surface area contributed by atoms with Crippen molar-refractivity contribution in [2.45, 2.75) is 18.3 Å². The maximum Gasteiger partial charge on any atom is 0.306 e. The molecular weight excluding hydrogens is 367 g/mol. The van der Waals surface area contributed by atoms with Crippen LogP contribution < -0.4 is 5.32 Å². The van der Waals surface area contributed by atoms with E-state index in [0.717, 1.165) is 22.2 Å². The third kappa shape index (κ3) is 2.96. The fraction of sp³-hybridized carbons (Fsp3) is 0.188. The van der Waals surface area contributed by atoms with Crippen molar-refractivity contribution in [3.05, 3.63) is 68.4 Å². The monoisotopic (exact) mass is 378 g/mol. The van der Waals surface area contributed by atoms with E-state index in [1.54, 1.807) is 0 Å². The minimum Gasteiger partial charge on any atom is -0.325 e. The third-order valence-corrected chi connectivity index (χ3v) is 4.46. The van der Waals surface area contributed by atoms with Crippen molar-refractivity contribution in [3.63, 3.8) is 0 Å². The molecule has 1 amide bonds. The minimum absolute atomic E-state index is 0.212. The average molecular weight is 379 g/mol. The molecule has 0 saturated heterocycles. The number of carbonyl (C=O) groups excluding carboxylic acids is 1. The minimum atomic E-state index is -0.930. The summed E-state index contributed by atoms with van der Waals surface area (Å²) >= 11 is 3.38. The highest BCUT2D eigenvalue weighted by atomic mass is 79.9. The zero-order valence-corrected chi connectivity index (χ0v) is 13.5. The third-order valence-electron chi connectivity index (χ3n) is 3.96. The number of benzene rings is 2. The standard InChI is InChI=1S/C16H12BrFN2O3/c17-11-3-1-2-10(8-11)16(6-7-16)15(21)19-12-4-5-13(18)14(9-12)20(22)23/h1-5,8-9H,6-7H2,(H,19,21). The van der Waals surface area contributed by atoms with Crippen molar-refractivity contribution in [2.24, 2.45) is 0 Å². The molecule has 1 aliphatic rings. The van der Waals surface area contributed by atoms with E-state index in [-0.39, 0.29) is 11.6 Å². The molecule has 23 heavy (non-hydrogen) atoms. The Balaban J connectivity index is 1.85. The lowest BCUT2D eigenvalue weighted by Crippen LogP contribution is -2.27. The SMILES string of the molecule is O=C(Nc1ccc(F)c([N+](=O)[O-])c1)C1(c2cccc(Br)c2)CC1. The van der Waals surface area contributed by atoms with Gasteiger partial charge in [0.05, 0.1) is 10.3 Å². The normalized spacial score (nSPS) is 15.0. The summed E-state index contributed by atoms with van der Waals surface area (Å²) in [7, 11) is 0. The summed E-state index contributed by atoms with van der Waals surface area (Å²) in [4.78, 5) is 22.5. The molecule has 0 unspecified atom stereocenters. The Hall–Kier alpha value is -2.28. The van der Waals surface area contributed by atoms with Crippen molar-refractivity contribution >= 4 is 33.2 Å². The number of rotatable bonds is 4. The second kappa shape index (κ2) is 5.73. The van der Waals surface area contributed by atoms with Crippen molar-refractivity contribution in [1.29, 1.82) is 0 Å². The molecule has 0 aliphatic heterocycles. The molecule has 0 spiro atoms. The summed E-state index contributed by atoms with van der Waals surface area (Å²) in [6.45, 7) is 0. The Bertz CT molecular complexity index is 806. The zero-order chi connectivity index (χ0) is 16.6. The Labute approximate surface area is 139 Å². The van der Waals surface area contributed by atoms with Crippen molar-refractivity contribution in [2.75, 3.05) is 5.32 Å². The molecule has 2 aromatic rings. The molecule has 1 saturated carbocycles. The van der Waals surface area contributed by atoms with Gasteiger partial charge >= 0.3 is 5.69 Å². The number of anilines is 1. The number of halogens is 2. The summed E-state index contributed by atoms with van der Waals surface area (Å²) in [5, 5.41) is 13.4. The van der Waals surface area contributed by atoms with Crippen LogP contribution in [0.4, 0.5) is 15.8 Å².